The third-order valence-corrected chi connectivity index (χ3v) is 3.12. The van der Waals surface area contributed by atoms with Crippen molar-refractivity contribution in [1.29, 1.82) is 0 Å². The molecule has 0 bridgehead atoms. The summed E-state index contributed by atoms with van der Waals surface area (Å²) >= 11 is 2.01. The fourth-order valence-electron chi connectivity index (χ4n) is 1.59. The van der Waals surface area contributed by atoms with Gasteiger partial charge in [0.1, 0.15) is 5.69 Å². The summed E-state index contributed by atoms with van der Waals surface area (Å²) in [6.07, 6.45) is -0.0447. The number of carbonyl (C=O) groups is 1. The number of carboxylic acid groups (broad SMARTS) is 1. The van der Waals surface area contributed by atoms with Gasteiger partial charge in [0.2, 0.25) is 0 Å². The van der Waals surface area contributed by atoms with E-state index in [9.17, 15) is 14.9 Å². The highest BCUT2D eigenvalue weighted by atomic mass is 127. The third-order valence-electron chi connectivity index (χ3n) is 2.45. The number of hydrogen-bond donors (Lipinski definition) is 1. The number of aliphatic carboxylic acids is 1. The number of benzene rings is 1. The first-order chi connectivity index (χ1) is 8.45. The number of nitro groups is 1. The molecule has 0 heterocycles. The Kier molecular flexibility index (Phi) is 5.32. The summed E-state index contributed by atoms with van der Waals surface area (Å²) in [6, 6.07) is 4.91. The van der Waals surface area contributed by atoms with Crippen LogP contribution in [0, 0.1) is 13.7 Å². The second-order valence-corrected chi connectivity index (χ2v) is 4.86. The number of halogens is 1. The number of hydrogen-bond acceptors (Lipinski definition) is 4. The highest BCUT2D eigenvalue weighted by Crippen LogP contribution is 2.29. The van der Waals surface area contributed by atoms with Gasteiger partial charge >= 0.3 is 5.97 Å². The first-order valence-corrected chi connectivity index (χ1v) is 6.44. The predicted octanol–water partition coefficient (Wildman–Crippen LogP) is 2.50. The summed E-state index contributed by atoms with van der Waals surface area (Å²) in [7, 11) is 0. The van der Waals surface area contributed by atoms with Gasteiger partial charge in [0, 0.05) is 22.7 Å². The van der Waals surface area contributed by atoms with E-state index in [1.807, 2.05) is 29.5 Å². The average molecular weight is 364 g/mol. The normalized spacial score (nSPS) is 10.1. The molecule has 0 aliphatic rings. The van der Waals surface area contributed by atoms with E-state index in [0.29, 0.717) is 12.2 Å². The van der Waals surface area contributed by atoms with Crippen LogP contribution in [0.15, 0.2) is 18.2 Å². The van der Waals surface area contributed by atoms with E-state index in [2.05, 4.69) is 0 Å². The van der Waals surface area contributed by atoms with E-state index in [1.165, 1.54) is 6.07 Å². The van der Waals surface area contributed by atoms with Crippen LogP contribution in [-0.2, 0) is 4.79 Å². The number of nitrogens with zero attached hydrogens (tertiary/aromatic N) is 2. The minimum absolute atomic E-state index is 0.00846. The lowest BCUT2D eigenvalue weighted by atomic mass is 10.2. The van der Waals surface area contributed by atoms with Crippen molar-refractivity contribution in [3.05, 3.63) is 31.9 Å². The lowest BCUT2D eigenvalue weighted by Gasteiger charge is -2.22. The molecule has 0 aliphatic carbocycles. The van der Waals surface area contributed by atoms with Gasteiger partial charge in [-0.25, -0.2) is 0 Å². The Bertz CT molecular complexity index is 464. The Balaban J connectivity index is 3.04. The lowest BCUT2D eigenvalue weighted by molar-refractivity contribution is -0.384. The molecule has 1 N–H and O–H groups in total. The van der Waals surface area contributed by atoms with E-state index >= 15 is 0 Å². The maximum absolute atomic E-state index is 11.0. The van der Waals surface area contributed by atoms with Crippen LogP contribution in [0.25, 0.3) is 0 Å². The van der Waals surface area contributed by atoms with Crippen molar-refractivity contribution in [3.63, 3.8) is 0 Å². The van der Waals surface area contributed by atoms with Gasteiger partial charge in [-0.05, 0) is 41.6 Å². The first-order valence-electron chi connectivity index (χ1n) is 5.36. The van der Waals surface area contributed by atoms with Crippen LogP contribution in [0.1, 0.15) is 13.3 Å². The van der Waals surface area contributed by atoms with Gasteiger partial charge in [0.25, 0.3) is 5.69 Å². The topological polar surface area (TPSA) is 83.7 Å². The van der Waals surface area contributed by atoms with Crippen LogP contribution < -0.4 is 4.90 Å². The second kappa shape index (κ2) is 6.53. The van der Waals surface area contributed by atoms with Crippen molar-refractivity contribution in [1.82, 2.24) is 0 Å². The Morgan fingerprint density at radius 3 is 2.72 bits per heavy atom. The molecule has 98 valence electrons. The Morgan fingerprint density at radius 1 is 1.56 bits per heavy atom. The van der Waals surface area contributed by atoms with E-state index in [-0.39, 0.29) is 18.7 Å². The zero-order valence-electron chi connectivity index (χ0n) is 9.80. The summed E-state index contributed by atoms with van der Waals surface area (Å²) < 4.78 is 0.775. The molecule has 6 nitrogen and oxygen atoms in total. The van der Waals surface area contributed by atoms with Crippen LogP contribution in [0.2, 0.25) is 0 Å². The number of carboxylic acids is 1. The molecule has 0 aromatic heterocycles. The smallest absolute Gasteiger partial charge is 0.305 e. The zero-order valence-corrected chi connectivity index (χ0v) is 12.0. The van der Waals surface area contributed by atoms with E-state index < -0.39 is 10.9 Å². The van der Waals surface area contributed by atoms with Crippen LogP contribution in [-0.4, -0.2) is 29.1 Å². The minimum Gasteiger partial charge on any atom is -0.481 e. The molecule has 1 aromatic carbocycles. The molecule has 0 unspecified atom stereocenters. The lowest BCUT2D eigenvalue weighted by Crippen LogP contribution is -2.26. The molecular weight excluding hydrogens is 351 g/mol. The summed E-state index contributed by atoms with van der Waals surface area (Å²) in [6.45, 7) is 2.62. The van der Waals surface area contributed by atoms with Crippen molar-refractivity contribution in [2.24, 2.45) is 0 Å². The molecule has 0 aliphatic heterocycles. The average Bonchev–Trinajstić information content (AvgIpc) is 2.30. The van der Waals surface area contributed by atoms with Gasteiger partial charge in [0.05, 0.1) is 11.3 Å². The molecular formula is C11H13IN2O4. The van der Waals surface area contributed by atoms with Crippen molar-refractivity contribution >= 4 is 39.9 Å². The maximum atomic E-state index is 11.0. The maximum Gasteiger partial charge on any atom is 0.305 e. The number of nitro benzene ring substituents is 1. The fourth-order valence-corrected chi connectivity index (χ4v) is 2.06. The van der Waals surface area contributed by atoms with Crippen LogP contribution in [0.3, 0.4) is 0 Å². The molecule has 1 rings (SSSR count). The molecule has 0 radical (unpaired) electrons. The molecule has 7 heteroatoms. The molecule has 0 amide bonds. The minimum atomic E-state index is -0.915. The Morgan fingerprint density at radius 2 is 2.22 bits per heavy atom. The number of rotatable bonds is 6. The standard InChI is InChI=1S/C11H13IN2O4/c1-2-13(6-5-11(15)16)9-4-3-8(12)7-10(9)14(17)18/h3-4,7H,2,5-6H2,1H3,(H,15,16). The van der Waals surface area contributed by atoms with E-state index in [4.69, 9.17) is 5.11 Å². The Hall–Kier alpha value is -1.38. The van der Waals surface area contributed by atoms with Crippen LogP contribution >= 0.6 is 22.6 Å². The highest BCUT2D eigenvalue weighted by molar-refractivity contribution is 14.1. The Labute approximate surface area is 118 Å². The van der Waals surface area contributed by atoms with Gasteiger partial charge in [-0.1, -0.05) is 0 Å². The molecule has 0 saturated carbocycles. The molecule has 0 atom stereocenters. The molecule has 1 aromatic rings. The van der Waals surface area contributed by atoms with Crippen LogP contribution in [0.4, 0.5) is 11.4 Å². The van der Waals surface area contributed by atoms with Crippen LogP contribution in [0.5, 0.6) is 0 Å². The first kappa shape index (κ1) is 14.7. The summed E-state index contributed by atoms with van der Waals surface area (Å²) in [5.41, 5.74) is 0.471. The summed E-state index contributed by atoms with van der Waals surface area (Å²) in [5, 5.41) is 19.7. The predicted molar refractivity (Wildman–Crippen MR) is 76.0 cm³/mol. The quantitative estimate of drug-likeness (QED) is 0.476. The third kappa shape index (κ3) is 3.83. The SMILES string of the molecule is CCN(CCC(=O)O)c1ccc(I)cc1[N+](=O)[O-]. The summed E-state index contributed by atoms with van der Waals surface area (Å²) in [4.78, 5) is 22.8. The second-order valence-electron chi connectivity index (χ2n) is 3.61. The van der Waals surface area contributed by atoms with Gasteiger partial charge in [-0.3, -0.25) is 14.9 Å². The van der Waals surface area contributed by atoms with Crippen molar-refractivity contribution in [2.75, 3.05) is 18.0 Å². The van der Waals surface area contributed by atoms with Crippen molar-refractivity contribution in [2.45, 2.75) is 13.3 Å². The van der Waals surface area contributed by atoms with Crippen molar-refractivity contribution < 1.29 is 14.8 Å². The summed E-state index contributed by atoms with van der Waals surface area (Å²) in [5.74, 6) is -0.915. The molecule has 0 spiro atoms. The van der Waals surface area contributed by atoms with Gasteiger partial charge in [-0.15, -0.1) is 0 Å². The van der Waals surface area contributed by atoms with Gasteiger partial charge in [0.15, 0.2) is 0 Å². The number of anilines is 1. The monoisotopic (exact) mass is 364 g/mol. The molecule has 0 saturated heterocycles. The highest BCUT2D eigenvalue weighted by Gasteiger charge is 2.19. The molecule has 0 fully saturated rings. The van der Waals surface area contributed by atoms with E-state index in [0.717, 1.165) is 3.57 Å². The van der Waals surface area contributed by atoms with Gasteiger partial charge in [-0.2, -0.15) is 0 Å². The van der Waals surface area contributed by atoms with Crippen molar-refractivity contribution in [3.8, 4) is 0 Å². The largest absolute Gasteiger partial charge is 0.481 e. The van der Waals surface area contributed by atoms with Gasteiger partial charge < -0.3 is 10.0 Å². The van der Waals surface area contributed by atoms with E-state index in [1.54, 1.807) is 17.0 Å². The zero-order chi connectivity index (χ0) is 13.7. The molecule has 18 heavy (non-hydrogen) atoms. The fraction of sp³-hybridized carbons (Fsp3) is 0.364.